The molecule has 0 aliphatic carbocycles. The largest absolute Gasteiger partial charge is 0.193 e. The van der Waals surface area contributed by atoms with E-state index in [9.17, 15) is 0 Å². The second-order valence-electron chi connectivity index (χ2n) is 4.36. The third-order valence-electron chi connectivity index (χ3n) is 2.83. The predicted molar refractivity (Wildman–Crippen MR) is 73.4 cm³/mol. The summed E-state index contributed by atoms with van der Waals surface area (Å²) in [7, 11) is 0. The molecule has 0 atom stereocenters. The highest BCUT2D eigenvalue weighted by molar-refractivity contribution is 5.56. The maximum absolute atomic E-state index is 9.07. The van der Waals surface area contributed by atoms with Gasteiger partial charge in [0.05, 0.1) is 6.07 Å². The molecule has 0 radical (unpaired) electrons. The maximum Gasteiger partial charge on any atom is 0.0947 e. The fraction of sp³-hybridized carbons (Fsp3) is 0.438. The second-order valence-corrected chi connectivity index (χ2v) is 4.36. The van der Waals surface area contributed by atoms with Crippen molar-refractivity contribution in [2.24, 2.45) is 0 Å². The highest BCUT2D eigenvalue weighted by Gasteiger charge is 1.97. The fourth-order valence-corrected chi connectivity index (χ4v) is 1.83. The van der Waals surface area contributed by atoms with Gasteiger partial charge in [-0.05, 0) is 24.5 Å². The Kier molecular flexibility index (Phi) is 6.82. The van der Waals surface area contributed by atoms with Crippen molar-refractivity contribution in [2.45, 2.75) is 45.4 Å². The van der Waals surface area contributed by atoms with E-state index < -0.39 is 0 Å². The average Bonchev–Trinajstić information content (AvgIpc) is 2.38. The maximum atomic E-state index is 9.07. The molecule has 0 saturated heterocycles. The van der Waals surface area contributed by atoms with Gasteiger partial charge in [-0.2, -0.15) is 5.26 Å². The van der Waals surface area contributed by atoms with Crippen molar-refractivity contribution >= 4 is 6.08 Å². The molecular weight excluding hydrogens is 206 g/mol. The van der Waals surface area contributed by atoms with Crippen LogP contribution in [0.1, 0.15) is 51.0 Å². The van der Waals surface area contributed by atoms with Crippen molar-refractivity contribution in [2.75, 3.05) is 0 Å². The van der Waals surface area contributed by atoms with Gasteiger partial charge < -0.3 is 0 Å². The van der Waals surface area contributed by atoms with E-state index >= 15 is 0 Å². The topological polar surface area (TPSA) is 23.8 Å². The number of hydrogen-bond donors (Lipinski definition) is 0. The van der Waals surface area contributed by atoms with Crippen LogP contribution in [0.3, 0.4) is 0 Å². The average molecular weight is 227 g/mol. The molecule has 0 unspecified atom stereocenters. The molecule has 0 saturated carbocycles. The third-order valence-corrected chi connectivity index (χ3v) is 2.83. The van der Waals surface area contributed by atoms with Crippen LogP contribution in [0.2, 0.25) is 0 Å². The molecule has 0 aliphatic rings. The van der Waals surface area contributed by atoms with Gasteiger partial charge in [0.25, 0.3) is 0 Å². The third kappa shape index (κ3) is 5.92. The first-order chi connectivity index (χ1) is 8.36. The summed E-state index contributed by atoms with van der Waals surface area (Å²) in [4.78, 5) is 0. The lowest BCUT2D eigenvalue weighted by molar-refractivity contribution is 0.634. The predicted octanol–water partition coefficient (Wildman–Crippen LogP) is 4.95. The van der Waals surface area contributed by atoms with Crippen molar-refractivity contribution in [3.8, 4) is 6.07 Å². The van der Waals surface area contributed by atoms with Gasteiger partial charge in [0.1, 0.15) is 0 Å². The standard InChI is InChI=1S/C16H21N/c1-2-3-4-5-7-12-16(14-17)13-15-10-8-6-9-11-15/h6,8-11,13H,2-5,7,12H2,1H3/b16-13+. The van der Waals surface area contributed by atoms with Gasteiger partial charge in [-0.3, -0.25) is 0 Å². The van der Waals surface area contributed by atoms with E-state index in [4.69, 9.17) is 5.26 Å². The van der Waals surface area contributed by atoms with Crippen molar-refractivity contribution in [1.82, 2.24) is 0 Å². The molecule has 0 bridgehead atoms. The van der Waals surface area contributed by atoms with Gasteiger partial charge in [-0.1, -0.05) is 62.9 Å². The number of unbranched alkanes of at least 4 members (excludes halogenated alkanes) is 4. The number of allylic oxidation sites excluding steroid dienone is 1. The number of benzene rings is 1. The molecule has 1 rings (SSSR count). The molecular formula is C16H21N. The molecule has 0 aromatic heterocycles. The SMILES string of the molecule is CCCCCCC/C(C#N)=C\c1ccccc1. The molecule has 17 heavy (non-hydrogen) atoms. The Morgan fingerprint density at radius 1 is 1.12 bits per heavy atom. The van der Waals surface area contributed by atoms with E-state index in [-0.39, 0.29) is 0 Å². The lowest BCUT2D eigenvalue weighted by Crippen LogP contribution is -1.83. The summed E-state index contributed by atoms with van der Waals surface area (Å²) in [6.45, 7) is 2.22. The van der Waals surface area contributed by atoms with Crippen molar-refractivity contribution in [3.63, 3.8) is 0 Å². The summed E-state index contributed by atoms with van der Waals surface area (Å²) < 4.78 is 0. The molecule has 0 fully saturated rings. The van der Waals surface area contributed by atoms with E-state index in [0.29, 0.717) is 0 Å². The van der Waals surface area contributed by atoms with Gasteiger partial charge in [-0.15, -0.1) is 0 Å². The van der Waals surface area contributed by atoms with Gasteiger partial charge in [-0.25, -0.2) is 0 Å². The monoisotopic (exact) mass is 227 g/mol. The van der Waals surface area contributed by atoms with Crippen LogP contribution in [0.15, 0.2) is 35.9 Å². The minimum absolute atomic E-state index is 0.896. The quantitative estimate of drug-likeness (QED) is 0.477. The summed E-state index contributed by atoms with van der Waals surface area (Å²) in [5.74, 6) is 0. The zero-order chi connectivity index (χ0) is 12.3. The molecule has 0 amide bonds. The molecule has 1 aromatic carbocycles. The van der Waals surface area contributed by atoms with Crippen molar-refractivity contribution in [3.05, 3.63) is 41.5 Å². The van der Waals surface area contributed by atoms with E-state index in [1.54, 1.807) is 0 Å². The van der Waals surface area contributed by atoms with Crippen molar-refractivity contribution < 1.29 is 0 Å². The zero-order valence-electron chi connectivity index (χ0n) is 10.7. The van der Waals surface area contributed by atoms with Gasteiger partial charge in [0.15, 0.2) is 0 Å². The highest BCUT2D eigenvalue weighted by atomic mass is 14.2. The molecule has 1 aromatic rings. The Morgan fingerprint density at radius 3 is 2.47 bits per heavy atom. The second kappa shape index (κ2) is 8.58. The highest BCUT2D eigenvalue weighted by Crippen LogP contribution is 2.14. The Balaban J connectivity index is 2.39. The van der Waals surface area contributed by atoms with E-state index in [0.717, 1.165) is 24.0 Å². The Hall–Kier alpha value is -1.55. The molecule has 0 heterocycles. The van der Waals surface area contributed by atoms with Crippen LogP contribution in [0, 0.1) is 11.3 Å². The van der Waals surface area contributed by atoms with Crippen molar-refractivity contribution in [1.29, 1.82) is 5.26 Å². The Labute approximate surface area is 105 Å². The van der Waals surface area contributed by atoms with Crippen LogP contribution in [0.5, 0.6) is 0 Å². The zero-order valence-corrected chi connectivity index (χ0v) is 10.7. The summed E-state index contributed by atoms with van der Waals surface area (Å²) in [6.07, 6.45) is 9.15. The van der Waals surface area contributed by atoms with Crippen LogP contribution in [0.4, 0.5) is 0 Å². The molecule has 1 nitrogen and oxygen atoms in total. The molecule has 1 heteroatoms. The first-order valence-corrected chi connectivity index (χ1v) is 6.52. The van der Waals surface area contributed by atoms with Crippen LogP contribution in [0.25, 0.3) is 6.08 Å². The van der Waals surface area contributed by atoms with Crippen LogP contribution in [-0.4, -0.2) is 0 Å². The number of hydrogen-bond acceptors (Lipinski definition) is 1. The van der Waals surface area contributed by atoms with Crippen LogP contribution in [-0.2, 0) is 0 Å². The molecule has 0 spiro atoms. The number of rotatable bonds is 7. The summed E-state index contributed by atoms with van der Waals surface area (Å²) in [6, 6.07) is 12.4. The summed E-state index contributed by atoms with van der Waals surface area (Å²) >= 11 is 0. The smallest absolute Gasteiger partial charge is 0.0947 e. The van der Waals surface area contributed by atoms with Crippen LogP contribution < -0.4 is 0 Å². The van der Waals surface area contributed by atoms with E-state index in [2.05, 4.69) is 13.0 Å². The summed E-state index contributed by atoms with van der Waals surface area (Å²) in [5.41, 5.74) is 2.02. The lowest BCUT2D eigenvalue weighted by Gasteiger charge is -2.00. The number of nitriles is 1. The van der Waals surface area contributed by atoms with Gasteiger partial charge in [0, 0.05) is 5.57 Å². The molecule has 0 aliphatic heterocycles. The first kappa shape index (κ1) is 13.5. The fourth-order valence-electron chi connectivity index (χ4n) is 1.83. The van der Waals surface area contributed by atoms with E-state index in [1.165, 1.54) is 25.7 Å². The molecule has 0 N–H and O–H groups in total. The number of nitrogens with zero attached hydrogens (tertiary/aromatic N) is 1. The minimum atomic E-state index is 0.896. The Morgan fingerprint density at radius 2 is 1.82 bits per heavy atom. The van der Waals surface area contributed by atoms with Gasteiger partial charge >= 0.3 is 0 Å². The summed E-state index contributed by atoms with van der Waals surface area (Å²) in [5, 5.41) is 9.07. The van der Waals surface area contributed by atoms with E-state index in [1.807, 2.05) is 36.4 Å². The normalized spacial score (nSPS) is 11.2. The molecule has 90 valence electrons. The van der Waals surface area contributed by atoms with Gasteiger partial charge in [0.2, 0.25) is 0 Å². The lowest BCUT2D eigenvalue weighted by atomic mass is 10.0. The van der Waals surface area contributed by atoms with Crippen LogP contribution >= 0.6 is 0 Å². The Bertz CT molecular complexity index is 370. The minimum Gasteiger partial charge on any atom is -0.193 e. The first-order valence-electron chi connectivity index (χ1n) is 6.52.